The molecular formula is C30H27Cl2NOS2. The molecule has 0 bridgehead atoms. The maximum absolute atomic E-state index is 6.10. The average Bonchev–Trinajstić information content (AvgIpc) is 2.97. The lowest BCUT2D eigenvalue weighted by Crippen LogP contribution is -2.17. The molecule has 2 unspecified atom stereocenters. The van der Waals surface area contributed by atoms with E-state index >= 15 is 0 Å². The van der Waals surface area contributed by atoms with E-state index in [2.05, 4.69) is 78.1 Å². The highest BCUT2D eigenvalue weighted by Crippen LogP contribution is 2.38. The van der Waals surface area contributed by atoms with Crippen LogP contribution in [0.1, 0.15) is 47.2 Å². The minimum atomic E-state index is 0.117. The molecule has 0 saturated carbocycles. The number of aryl methyl sites for hydroxylation is 2. The fourth-order valence-corrected chi connectivity index (χ4v) is 5.90. The van der Waals surface area contributed by atoms with E-state index in [9.17, 15) is 0 Å². The Labute approximate surface area is 230 Å². The van der Waals surface area contributed by atoms with Gasteiger partial charge in [0, 0.05) is 15.5 Å². The molecule has 2 heterocycles. The van der Waals surface area contributed by atoms with Crippen molar-refractivity contribution < 1.29 is 4.74 Å². The van der Waals surface area contributed by atoms with Crippen LogP contribution < -0.4 is 10.1 Å². The first-order valence-electron chi connectivity index (χ1n) is 12.1. The fraction of sp³-hybridized carbons (Fsp3) is 0.200. The number of benzene rings is 4. The first-order chi connectivity index (χ1) is 17.7. The van der Waals surface area contributed by atoms with E-state index in [-0.39, 0.29) is 6.10 Å². The number of anilines is 1. The summed E-state index contributed by atoms with van der Waals surface area (Å²) in [6.45, 7) is 0. The highest BCUT2D eigenvalue weighted by molar-refractivity contribution is 8.21. The number of nitrogens with one attached hydrogen (secondary N) is 1. The number of hydrogen-bond acceptors (Lipinski definition) is 4. The van der Waals surface area contributed by atoms with E-state index in [1.807, 2.05) is 24.3 Å². The third-order valence-corrected chi connectivity index (χ3v) is 8.61. The second kappa shape index (κ2) is 12.3. The molecule has 0 amide bonds. The van der Waals surface area contributed by atoms with E-state index in [4.69, 9.17) is 26.1 Å². The lowest BCUT2D eigenvalue weighted by molar-refractivity contribution is 0.176. The summed E-state index contributed by atoms with van der Waals surface area (Å²) in [5.41, 5.74) is 6.55. The summed E-state index contributed by atoms with van der Waals surface area (Å²) in [6.07, 6.45) is 4.46. The van der Waals surface area contributed by atoms with Crippen LogP contribution >= 0.6 is 43.3 Å². The van der Waals surface area contributed by atoms with Crippen molar-refractivity contribution >= 4 is 49.0 Å². The van der Waals surface area contributed by atoms with Crippen LogP contribution in [0.5, 0.6) is 5.75 Å². The molecule has 0 radical (unpaired) electrons. The Hall–Kier alpha value is -2.24. The minimum absolute atomic E-state index is 0.117. The molecular weight excluding hydrogens is 525 g/mol. The highest BCUT2D eigenvalue weighted by atomic mass is 35.7. The third-order valence-electron chi connectivity index (χ3n) is 6.66. The second-order valence-corrected chi connectivity index (χ2v) is 11.1. The lowest BCUT2D eigenvalue weighted by atomic mass is 9.94. The molecule has 6 rings (SSSR count). The largest absolute Gasteiger partial charge is 0.485 e. The molecule has 4 aromatic carbocycles. The smallest absolute Gasteiger partial charge is 0.124 e. The van der Waals surface area contributed by atoms with Gasteiger partial charge in [0.15, 0.2) is 0 Å². The molecule has 0 aromatic heterocycles. The number of fused-ring (bicyclic) bond motifs is 2. The van der Waals surface area contributed by atoms with E-state index in [1.54, 1.807) is 0 Å². The molecule has 2 atom stereocenters. The van der Waals surface area contributed by atoms with Crippen molar-refractivity contribution in [3.8, 4) is 5.75 Å². The van der Waals surface area contributed by atoms with E-state index < -0.39 is 0 Å². The van der Waals surface area contributed by atoms with Crippen LogP contribution in [-0.2, 0) is 12.8 Å². The van der Waals surface area contributed by atoms with Gasteiger partial charge >= 0.3 is 0 Å². The fourth-order valence-electron chi connectivity index (χ4n) is 4.76. The monoisotopic (exact) mass is 551 g/mol. The van der Waals surface area contributed by atoms with Crippen molar-refractivity contribution in [1.82, 2.24) is 0 Å². The van der Waals surface area contributed by atoms with E-state index in [0.29, 0.717) is 6.04 Å². The molecule has 2 aliphatic rings. The molecule has 1 N–H and O–H groups in total. The van der Waals surface area contributed by atoms with Gasteiger partial charge in [0.05, 0.1) is 6.04 Å². The van der Waals surface area contributed by atoms with Crippen LogP contribution in [0.25, 0.3) is 0 Å². The van der Waals surface area contributed by atoms with Crippen LogP contribution in [-0.4, -0.2) is 0 Å². The van der Waals surface area contributed by atoms with Gasteiger partial charge in [-0.3, -0.25) is 0 Å². The molecule has 4 aromatic rings. The Balaban J connectivity index is 0.000000152. The van der Waals surface area contributed by atoms with Gasteiger partial charge in [0.1, 0.15) is 11.9 Å². The summed E-state index contributed by atoms with van der Waals surface area (Å²) < 4.78 is 6.10. The van der Waals surface area contributed by atoms with Gasteiger partial charge in [-0.2, -0.15) is 0 Å². The Kier molecular flexibility index (Phi) is 8.71. The van der Waals surface area contributed by atoms with Gasteiger partial charge in [-0.25, -0.2) is 0 Å². The Morgan fingerprint density at radius 1 is 0.667 bits per heavy atom. The maximum atomic E-state index is 6.10. The lowest BCUT2D eigenvalue weighted by Gasteiger charge is -2.27. The van der Waals surface area contributed by atoms with Crippen molar-refractivity contribution in [2.24, 2.45) is 0 Å². The molecule has 2 nitrogen and oxygen atoms in total. The second-order valence-electron chi connectivity index (χ2n) is 8.94. The summed E-state index contributed by atoms with van der Waals surface area (Å²) in [4.78, 5) is 2.12. The van der Waals surface area contributed by atoms with Crippen molar-refractivity contribution in [2.45, 2.75) is 47.6 Å². The highest BCUT2D eigenvalue weighted by Gasteiger charge is 2.21. The molecule has 0 spiro atoms. The third kappa shape index (κ3) is 6.18. The predicted octanol–water partition coefficient (Wildman–Crippen LogP) is 10.0. The van der Waals surface area contributed by atoms with Crippen LogP contribution in [0.15, 0.2) is 107 Å². The molecule has 0 fully saturated rings. The molecule has 0 saturated heterocycles. The first-order valence-corrected chi connectivity index (χ1v) is 15.4. The number of rotatable bonds is 4. The molecule has 2 aliphatic heterocycles. The molecule has 36 heavy (non-hydrogen) atoms. The van der Waals surface area contributed by atoms with Crippen LogP contribution in [0.3, 0.4) is 0 Å². The Bertz CT molecular complexity index is 1280. The summed E-state index contributed by atoms with van der Waals surface area (Å²) in [5, 5.41) is 3.61. The number of hydrogen-bond donors (Lipinski definition) is 1. The van der Waals surface area contributed by atoms with Crippen molar-refractivity contribution in [3.63, 3.8) is 0 Å². The zero-order valence-corrected chi connectivity index (χ0v) is 22.8. The minimum Gasteiger partial charge on any atom is -0.485 e. The maximum Gasteiger partial charge on any atom is 0.124 e. The van der Waals surface area contributed by atoms with Gasteiger partial charge in [-0.1, -0.05) is 60.7 Å². The SMILES string of the molecule is ClSc1ccc(C2CCc3cc(SCl)ccc3O2)cc1.c1ccc(C2CCc3ccccc3N2)cc1. The van der Waals surface area contributed by atoms with Crippen molar-refractivity contribution in [1.29, 1.82) is 0 Å². The molecule has 0 aliphatic carbocycles. The van der Waals surface area contributed by atoms with Gasteiger partial charge < -0.3 is 10.1 Å². The van der Waals surface area contributed by atoms with Crippen LogP contribution in [0.4, 0.5) is 5.69 Å². The molecule has 6 heteroatoms. The van der Waals surface area contributed by atoms with Gasteiger partial charge in [-0.15, -0.1) is 0 Å². The summed E-state index contributed by atoms with van der Waals surface area (Å²) >= 11 is 0. The van der Waals surface area contributed by atoms with Crippen LogP contribution in [0, 0.1) is 0 Å². The van der Waals surface area contributed by atoms with Crippen molar-refractivity contribution in [2.75, 3.05) is 5.32 Å². The Morgan fingerprint density at radius 2 is 1.36 bits per heavy atom. The van der Waals surface area contributed by atoms with Gasteiger partial charge in [0.25, 0.3) is 0 Å². The topological polar surface area (TPSA) is 21.3 Å². The predicted molar refractivity (Wildman–Crippen MR) is 156 cm³/mol. The number of halogens is 2. The van der Waals surface area contributed by atoms with E-state index in [1.165, 1.54) is 62.7 Å². The van der Waals surface area contributed by atoms with E-state index in [0.717, 1.165) is 28.4 Å². The number of ether oxygens (including phenoxy) is 1. The Morgan fingerprint density at radius 3 is 2.14 bits per heavy atom. The normalized spacial score (nSPS) is 17.9. The van der Waals surface area contributed by atoms with Gasteiger partial charge in [0.2, 0.25) is 0 Å². The zero-order valence-electron chi connectivity index (χ0n) is 19.7. The summed E-state index contributed by atoms with van der Waals surface area (Å²) in [5.74, 6) is 0.964. The summed E-state index contributed by atoms with van der Waals surface area (Å²) in [7, 11) is 14.0. The quantitative estimate of drug-likeness (QED) is 0.272. The molecule has 184 valence electrons. The average molecular weight is 553 g/mol. The van der Waals surface area contributed by atoms with Crippen molar-refractivity contribution in [3.05, 3.63) is 119 Å². The summed E-state index contributed by atoms with van der Waals surface area (Å²) in [6, 6.07) is 34.1. The zero-order chi connectivity index (χ0) is 24.7. The van der Waals surface area contributed by atoms with Gasteiger partial charge in [-0.05, 0) is 128 Å². The van der Waals surface area contributed by atoms with Crippen LogP contribution in [0.2, 0.25) is 0 Å². The number of para-hydroxylation sites is 1. The first kappa shape index (κ1) is 25.4. The standard InChI is InChI=1S/C15H12Cl2OS2.C15H15N/c16-19-12-4-1-10(2-5-12)14-7-3-11-9-13(20-17)6-8-15(11)18-14;1-2-6-12(7-3-1)15-11-10-13-8-4-5-9-14(13)16-15/h1-2,4-6,8-9,14H,3,7H2;1-9,15-16H,10-11H2.